The highest BCUT2D eigenvalue weighted by Crippen LogP contribution is 2.33. The zero-order valence-electron chi connectivity index (χ0n) is 26.3. The summed E-state index contributed by atoms with van der Waals surface area (Å²) in [6, 6.07) is 22.7. The van der Waals surface area contributed by atoms with Gasteiger partial charge in [0.15, 0.2) is 52.4 Å². The summed E-state index contributed by atoms with van der Waals surface area (Å²) >= 11 is 0. The Morgan fingerprint density at radius 1 is 0.294 bits per heavy atom. The van der Waals surface area contributed by atoms with Crippen molar-refractivity contribution in [3.8, 4) is 69.5 Å². The van der Waals surface area contributed by atoms with E-state index in [9.17, 15) is 0 Å². The molecule has 0 bridgehead atoms. The minimum atomic E-state index is 0.310. The molecule has 0 aliphatic heterocycles. The minimum Gasteiger partial charge on any atom is -0.296 e. The number of hydrogen-bond acceptors (Lipinski definition) is 12. The van der Waals surface area contributed by atoms with Crippen molar-refractivity contribution in [3.05, 3.63) is 129 Å². The Balaban J connectivity index is 1.26. The highest BCUT2D eigenvalue weighted by Gasteiger charge is 2.25. The van der Waals surface area contributed by atoms with Gasteiger partial charge in [-0.3, -0.25) is 13.2 Å². The molecular weight excluding hydrogens is 643 g/mol. The van der Waals surface area contributed by atoms with Gasteiger partial charge in [0, 0.05) is 55.8 Å². The minimum absolute atomic E-state index is 0.310. The van der Waals surface area contributed by atoms with Gasteiger partial charge in [-0.05, 0) is 54.6 Å². The average Bonchev–Trinajstić information content (AvgIpc) is 3.91. The third-order valence-corrected chi connectivity index (χ3v) is 8.21. The molecule has 0 aliphatic carbocycles. The van der Waals surface area contributed by atoms with Crippen LogP contribution in [0.3, 0.4) is 0 Å². The summed E-state index contributed by atoms with van der Waals surface area (Å²) in [6.07, 6.45) is 15.8. The Morgan fingerprint density at radius 3 is 0.882 bits per heavy atom. The molecule has 10 rings (SSSR count). The topological polar surface area (TPSA) is 168 Å². The van der Waals surface area contributed by atoms with E-state index in [1.54, 1.807) is 55.4 Å². The van der Waals surface area contributed by atoms with Gasteiger partial charge in [0.25, 0.3) is 0 Å². The Kier molecular flexibility index (Phi) is 6.38. The number of pyridine rings is 3. The van der Waals surface area contributed by atoms with Gasteiger partial charge in [-0.1, -0.05) is 18.2 Å². The Bertz CT molecular complexity index is 2540. The van der Waals surface area contributed by atoms with Crippen molar-refractivity contribution in [1.82, 2.24) is 73.0 Å². The first-order valence-electron chi connectivity index (χ1n) is 15.8. The predicted molar refractivity (Wildman–Crippen MR) is 185 cm³/mol. The van der Waals surface area contributed by atoms with Gasteiger partial charge in [-0.2, -0.15) is 0 Å². The van der Waals surface area contributed by atoms with Crippen LogP contribution in [-0.4, -0.2) is 73.0 Å². The number of hydrogen-bond donors (Lipinski definition) is 0. The van der Waals surface area contributed by atoms with E-state index in [-0.39, 0.29) is 0 Å². The molecule has 0 aliphatic rings. The Morgan fingerprint density at radius 2 is 0.588 bits per heavy atom. The van der Waals surface area contributed by atoms with E-state index in [0.717, 1.165) is 16.6 Å². The molecule has 10 heterocycles. The van der Waals surface area contributed by atoms with Crippen LogP contribution in [0.1, 0.15) is 0 Å². The lowest BCUT2D eigenvalue weighted by atomic mass is 10.2. The number of aromatic nitrogens is 15. The van der Waals surface area contributed by atoms with Crippen molar-refractivity contribution < 1.29 is 0 Å². The quantitative estimate of drug-likeness (QED) is 0.229. The summed E-state index contributed by atoms with van der Waals surface area (Å²) in [5.74, 6) is 3.92. The van der Waals surface area contributed by atoms with Gasteiger partial charge >= 0.3 is 0 Å². The largest absolute Gasteiger partial charge is 0.296 e. The van der Waals surface area contributed by atoms with E-state index in [4.69, 9.17) is 29.9 Å². The highest BCUT2D eigenvalue weighted by atomic mass is 15.2. The van der Waals surface area contributed by atoms with Crippen molar-refractivity contribution in [2.24, 2.45) is 0 Å². The second-order valence-electron chi connectivity index (χ2n) is 11.2. The molecule has 0 amide bonds. The van der Waals surface area contributed by atoms with Gasteiger partial charge in [0.2, 0.25) is 0 Å². The predicted octanol–water partition coefficient (Wildman–Crippen LogP) is 5.19. The van der Waals surface area contributed by atoms with Crippen LogP contribution in [0.25, 0.3) is 86.1 Å². The van der Waals surface area contributed by atoms with Gasteiger partial charge in [0.1, 0.15) is 17.1 Å². The second kappa shape index (κ2) is 11.5. The molecule has 0 saturated heterocycles. The molecule has 0 radical (unpaired) electrons. The number of rotatable bonds is 6. The van der Waals surface area contributed by atoms with Crippen LogP contribution in [0, 0.1) is 0 Å². The van der Waals surface area contributed by atoms with E-state index in [1.165, 1.54) is 0 Å². The lowest BCUT2D eigenvalue weighted by Crippen LogP contribution is -2.02. The third-order valence-electron chi connectivity index (χ3n) is 8.21. The molecule has 0 aromatic carbocycles. The maximum absolute atomic E-state index is 5.04. The maximum atomic E-state index is 5.04. The number of nitrogens with zero attached hydrogens (tertiary/aromatic N) is 15. The van der Waals surface area contributed by atoms with Crippen LogP contribution < -0.4 is 0 Å². The number of fused-ring (bicyclic) bond motifs is 3. The Hall–Kier alpha value is -7.68. The number of imidazole rings is 3. The fourth-order valence-electron chi connectivity index (χ4n) is 6.02. The van der Waals surface area contributed by atoms with Crippen LogP contribution in [0.15, 0.2) is 129 Å². The monoisotopic (exact) mass is 663 g/mol. The molecule has 240 valence electrons. The van der Waals surface area contributed by atoms with Crippen molar-refractivity contribution in [3.63, 3.8) is 0 Å². The summed E-state index contributed by atoms with van der Waals surface area (Å²) in [6.45, 7) is 0. The van der Waals surface area contributed by atoms with Crippen LogP contribution >= 0.6 is 0 Å². The summed E-state index contributed by atoms with van der Waals surface area (Å²) in [5.41, 5.74) is 3.78. The summed E-state index contributed by atoms with van der Waals surface area (Å²) in [4.78, 5) is 57.0. The van der Waals surface area contributed by atoms with E-state index >= 15 is 0 Å². The van der Waals surface area contributed by atoms with Crippen molar-refractivity contribution in [1.29, 1.82) is 0 Å². The SMILES string of the molecule is c1cnc(-c2nc(-c3nc(-c4nc(-c5ncccn5)n5ccccc45)nc(-c4nc(-c5ncccn5)n5ccccc45)n3)c3ccccn23)nc1. The molecule has 0 fully saturated rings. The average molecular weight is 664 g/mol. The normalized spacial score (nSPS) is 11.5. The fraction of sp³-hybridized carbons (Fsp3) is 0. The summed E-state index contributed by atoms with van der Waals surface area (Å²) < 4.78 is 5.75. The maximum Gasteiger partial charge on any atom is 0.196 e. The first kappa shape index (κ1) is 28.3. The van der Waals surface area contributed by atoms with Crippen molar-refractivity contribution in [2.75, 3.05) is 0 Å². The smallest absolute Gasteiger partial charge is 0.196 e. The molecule has 10 aromatic heterocycles. The third kappa shape index (κ3) is 4.67. The second-order valence-corrected chi connectivity index (χ2v) is 11.2. The van der Waals surface area contributed by atoms with Crippen LogP contribution in [-0.2, 0) is 0 Å². The zero-order chi connectivity index (χ0) is 33.7. The zero-order valence-corrected chi connectivity index (χ0v) is 26.3. The van der Waals surface area contributed by atoms with Gasteiger partial charge in [-0.25, -0.2) is 59.8 Å². The Labute approximate surface area is 287 Å². The molecule has 0 unspecified atom stereocenters. The van der Waals surface area contributed by atoms with Gasteiger partial charge in [-0.15, -0.1) is 0 Å². The molecule has 15 heteroatoms. The van der Waals surface area contributed by atoms with Crippen LogP contribution in [0.4, 0.5) is 0 Å². The first-order valence-corrected chi connectivity index (χ1v) is 15.8. The van der Waals surface area contributed by atoms with Gasteiger partial charge < -0.3 is 0 Å². The first-order chi connectivity index (χ1) is 25.3. The highest BCUT2D eigenvalue weighted by molar-refractivity contribution is 5.84. The lowest BCUT2D eigenvalue weighted by Gasteiger charge is -2.05. The molecule has 0 N–H and O–H groups in total. The molecule has 15 nitrogen and oxygen atoms in total. The van der Waals surface area contributed by atoms with Crippen LogP contribution in [0.5, 0.6) is 0 Å². The molecule has 0 spiro atoms. The molecule has 0 saturated carbocycles. The van der Waals surface area contributed by atoms with Crippen molar-refractivity contribution in [2.45, 2.75) is 0 Å². The fourth-order valence-corrected chi connectivity index (χ4v) is 6.02. The van der Waals surface area contributed by atoms with E-state index < -0.39 is 0 Å². The standard InChI is InChI=1S/C36H21N15/c1-4-19-49-22(10-1)25(43-34(49)31-37-13-7-14-38-31)28-46-29(26-23-11-2-5-20-50(23)35(44-26)32-39-15-8-16-40-32)48-30(47-28)27-24-12-3-6-21-51(24)36(45-27)33-41-17-9-18-42-33/h1-21H. The lowest BCUT2D eigenvalue weighted by molar-refractivity contribution is 1.04. The molecule has 0 atom stereocenters. The van der Waals surface area contributed by atoms with Gasteiger partial charge in [0.05, 0.1) is 16.6 Å². The van der Waals surface area contributed by atoms with Crippen molar-refractivity contribution >= 4 is 16.6 Å². The van der Waals surface area contributed by atoms with E-state index in [0.29, 0.717) is 69.5 Å². The molecule has 10 aromatic rings. The van der Waals surface area contributed by atoms with Crippen LogP contribution in [0.2, 0.25) is 0 Å². The molecule has 51 heavy (non-hydrogen) atoms. The summed E-state index contributed by atoms with van der Waals surface area (Å²) in [5, 5.41) is 0. The molecular formula is C36H21N15. The summed E-state index contributed by atoms with van der Waals surface area (Å²) in [7, 11) is 0. The van der Waals surface area contributed by atoms with E-state index in [2.05, 4.69) is 29.9 Å². The van der Waals surface area contributed by atoms with E-state index in [1.807, 2.05) is 86.4 Å².